The van der Waals surface area contributed by atoms with Gasteiger partial charge >= 0.3 is 0 Å². The van der Waals surface area contributed by atoms with Crippen LogP contribution in [0.25, 0.3) is 0 Å². The number of likely N-dealkylation sites (N-methyl/N-ethyl adjacent to an activating group) is 1. The SMILES string of the molecule is CN(C(=S)c1ccc(C#N)cc1)C1CCC2(CCCO2)CC1N1CCCC1. The van der Waals surface area contributed by atoms with E-state index in [1.807, 2.05) is 24.3 Å². The molecule has 3 unspecified atom stereocenters. The van der Waals surface area contributed by atoms with Gasteiger partial charge in [-0.2, -0.15) is 5.26 Å². The van der Waals surface area contributed by atoms with Crippen molar-refractivity contribution < 1.29 is 4.74 Å². The first-order valence-corrected chi connectivity index (χ1v) is 10.7. The molecule has 3 aliphatic rings. The lowest BCUT2D eigenvalue weighted by Crippen LogP contribution is -2.58. The van der Waals surface area contributed by atoms with Crippen LogP contribution in [0.1, 0.15) is 56.1 Å². The van der Waals surface area contributed by atoms with Crippen LogP contribution < -0.4 is 0 Å². The van der Waals surface area contributed by atoms with Crippen molar-refractivity contribution in [2.45, 2.75) is 62.6 Å². The third-order valence-corrected chi connectivity index (χ3v) is 7.32. The van der Waals surface area contributed by atoms with E-state index in [0.717, 1.165) is 36.4 Å². The minimum absolute atomic E-state index is 0.112. The van der Waals surface area contributed by atoms with Gasteiger partial charge in [0.2, 0.25) is 0 Å². The minimum Gasteiger partial charge on any atom is -0.375 e. The van der Waals surface area contributed by atoms with E-state index >= 15 is 0 Å². The molecule has 0 bridgehead atoms. The summed E-state index contributed by atoms with van der Waals surface area (Å²) in [5.41, 5.74) is 1.82. The summed E-state index contributed by atoms with van der Waals surface area (Å²) in [5.74, 6) is 0. The van der Waals surface area contributed by atoms with Crippen molar-refractivity contribution >= 4 is 17.2 Å². The molecule has 1 saturated carbocycles. The summed E-state index contributed by atoms with van der Waals surface area (Å²) in [6, 6.07) is 10.8. The lowest BCUT2D eigenvalue weighted by molar-refractivity contribution is -0.0652. The molecule has 1 aromatic carbocycles. The molecule has 3 fully saturated rings. The first kappa shape index (κ1) is 18.9. The van der Waals surface area contributed by atoms with Gasteiger partial charge in [-0.1, -0.05) is 24.4 Å². The Hall–Kier alpha value is -1.48. The van der Waals surface area contributed by atoms with E-state index in [4.69, 9.17) is 22.2 Å². The summed E-state index contributed by atoms with van der Waals surface area (Å²) in [7, 11) is 2.15. The molecule has 0 radical (unpaired) electrons. The number of nitriles is 1. The normalized spacial score (nSPS) is 31.1. The molecular formula is C22H29N3OS. The molecule has 1 aromatic rings. The standard InChI is InChI=1S/C22H29N3OS/c1-24(21(27)18-7-5-17(16-23)6-8-18)19-9-11-22(10-4-14-26-22)15-20(19)25-12-2-3-13-25/h5-8,19-20H,2-4,9-15H2,1H3. The average molecular weight is 384 g/mol. The van der Waals surface area contributed by atoms with Gasteiger partial charge in [0.25, 0.3) is 0 Å². The Labute approximate surface area is 168 Å². The fraction of sp³-hybridized carbons (Fsp3) is 0.636. The van der Waals surface area contributed by atoms with Crippen molar-refractivity contribution in [1.82, 2.24) is 9.80 Å². The first-order chi connectivity index (χ1) is 13.1. The van der Waals surface area contributed by atoms with Gasteiger partial charge in [-0.15, -0.1) is 0 Å². The maximum absolute atomic E-state index is 9.03. The number of hydrogen-bond acceptors (Lipinski definition) is 4. The van der Waals surface area contributed by atoms with Crippen molar-refractivity contribution in [1.29, 1.82) is 5.26 Å². The van der Waals surface area contributed by atoms with E-state index in [-0.39, 0.29) is 5.60 Å². The van der Waals surface area contributed by atoms with E-state index in [1.165, 1.54) is 38.8 Å². The third kappa shape index (κ3) is 3.76. The monoisotopic (exact) mass is 383 g/mol. The van der Waals surface area contributed by atoms with Crippen LogP contribution in [0.4, 0.5) is 0 Å². The number of ether oxygens (including phenoxy) is 1. The Morgan fingerprint density at radius 1 is 1.22 bits per heavy atom. The van der Waals surface area contributed by atoms with Gasteiger partial charge in [0.05, 0.1) is 17.2 Å². The first-order valence-electron chi connectivity index (χ1n) is 10.3. The molecule has 2 aliphatic heterocycles. The third-order valence-electron chi connectivity index (χ3n) is 6.79. The lowest BCUT2D eigenvalue weighted by Gasteiger charge is -2.49. The second-order valence-electron chi connectivity index (χ2n) is 8.36. The number of rotatable bonds is 3. The van der Waals surface area contributed by atoms with Gasteiger partial charge in [0.15, 0.2) is 0 Å². The Morgan fingerprint density at radius 2 is 1.96 bits per heavy atom. The van der Waals surface area contributed by atoms with Gasteiger partial charge in [0.1, 0.15) is 4.99 Å². The second kappa shape index (κ2) is 7.87. The maximum atomic E-state index is 9.03. The predicted octanol–water partition coefficient (Wildman–Crippen LogP) is 3.73. The van der Waals surface area contributed by atoms with Gasteiger partial charge in [-0.25, -0.2) is 0 Å². The van der Waals surface area contributed by atoms with Crippen LogP contribution in [0.3, 0.4) is 0 Å². The second-order valence-corrected chi connectivity index (χ2v) is 8.75. The van der Waals surface area contributed by atoms with Gasteiger partial charge in [-0.3, -0.25) is 4.90 Å². The lowest BCUT2D eigenvalue weighted by atomic mass is 9.76. The highest BCUT2D eigenvalue weighted by molar-refractivity contribution is 7.80. The fourth-order valence-electron chi connectivity index (χ4n) is 5.27. The molecule has 0 aromatic heterocycles. The molecule has 27 heavy (non-hydrogen) atoms. The van der Waals surface area contributed by atoms with Crippen LogP contribution in [0.5, 0.6) is 0 Å². The highest BCUT2D eigenvalue weighted by atomic mass is 32.1. The van der Waals surface area contributed by atoms with E-state index in [9.17, 15) is 0 Å². The molecule has 0 N–H and O–H groups in total. The van der Waals surface area contributed by atoms with E-state index in [0.29, 0.717) is 17.6 Å². The summed E-state index contributed by atoms with van der Waals surface area (Å²) in [6.07, 6.45) is 8.45. The Kier molecular flexibility index (Phi) is 5.50. The van der Waals surface area contributed by atoms with Crippen molar-refractivity contribution in [3.63, 3.8) is 0 Å². The topological polar surface area (TPSA) is 39.5 Å². The molecule has 3 atom stereocenters. The maximum Gasteiger partial charge on any atom is 0.109 e. The van der Waals surface area contributed by atoms with Crippen molar-refractivity contribution in [3.8, 4) is 6.07 Å². The Morgan fingerprint density at radius 3 is 2.59 bits per heavy atom. The van der Waals surface area contributed by atoms with Crippen LogP contribution >= 0.6 is 12.2 Å². The molecule has 2 saturated heterocycles. The molecule has 2 heterocycles. The number of thiocarbonyl (C=S) groups is 1. The average Bonchev–Trinajstić information content (AvgIpc) is 3.39. The van der Waals surface area contributed by atoms with Crippen LogP contribution in [0, 0.1) is 11.3 Å². The van der Waals surface area contributed by atoms with E-state index in [2.05, 4.69) is 22.9 Å². The Balaban J connectivity index is 1.53. The number of benzene rings is 1. The zero-order chi connectivity index (χ0) is 18.9. The van der Waals surface area contributed by atoms with Gasteiger partial charge in [0, 0.05) is 31.3 Å². The molecular weight excluding hydrogens is 354 g/mol. The quantitative estimate of drug-likeness (QED) is 0.744. The number of likely N-dealkylation sites (tertiary alicyclic amines) is 1. The number of hydrogen-bond donors (Lipinski definition) is 0. The molecule has 4 nitrogen and oxygen atoms in total. The van der Waals surface area contributed by atoms with Gasteiger partial charge < -0.3 is 9.64 Å². The highest BCUT2D eigenvalue weighted by Crippen LogP contribution is 2.43. The molecule has 144 valence electrons. The van der Waals surface area contributed by atoms with Crippen LogP contribution in [-0.2, 0) is 4.74 Å². The summed E-state index contributed by atoms with van der Waals surface area (Å²) >= 11 is 5.85. The van der Waals surface area contributed by atoms with Gasteiger partial charge in [-0.05, 0) is 70.2 Å². The summed E-state index contributed by atoms with van der Waals surface area (Å²) in [6.45, 7) is 3.33. The fourth-order valence-corrected chi connectivity index (χ4v) is 5.55. The molecule has 5 heteroatoms. The van der Waals surface area contributed by atoms with Crippen LogP contribution in [0.2, 0.25) is 0 Å². The molecule has 1 spiro atoms. The molecule has 1 aliphatic carbocycles. The van der Waals surface area contributed by atoms with E-state index < -0.39 is 0 Å². The zero-order valence-electron chi connectivity index (χ0n) is 16.2. The summed E-state index contributed by atoms with van der Waals surface area (Å²) in [4.78, 5) is 5.89. The van der Waals surface area contributed by atoms with Crippen LogP contribution in [-0.4, -0.2) is 59.2 Å². The predicted molar refractivity (Wildman–Crippen MR) is 111 cm³/mol. The molecule has 0 amide bonds. The van der Waals surface area contributed by atoms with Crippen LogP contribution in [0.15, 0.2) is 24.3 Å². The van der Waals surface area contributed by atoms with Crippen molar-refractivity contribution in [3.05, 3.63) is 35.4 Å². The minimum atomic E-state index is 0.112. The van der Waals surface area contributed by atoms with E-state index in [1.54, 1.807) is 0 Å². The Bertz CT molecular complexity index is 714. The van der Waals surface area contributed by atoms with Crippen molar-refractivity contribution in [2.24, 2.45) is 0 Å². The van der Waals surface area contributed by atoms with Crippen molar-refractivity contribution in [2.75, 3.05) is 26.7 Å². The largest absolute Gasteiger partial charge is 0.375 e. The smallest absolute Gasteiger partial charge is 0.109 e. The highest BCUT2D eigenvalue weighted by Gasteiger charge is 2.47. The summed E-state index contributed by atoms with van der Waals surface area (Å²) < 4.78 is 6.26. The zero-order valence-corrected chi connectivity index (χ0v) is 17.0. The summed E-state index contributed by atoms with van der Waals surface area (Å²) in [5, 5.41) is 9.03. The number of nitrogens with zero attached hydrogens (tertiary/aromatic N) is 3. The molecule has 4 rings (SSSR count).